The van der Waals surface area contributed by atoms with E-state index in [0.717, 1.165) is 12.8 Å². The highest BCUT2D eigenvalue weighted by atomic mass is 16.5. The van der Waals surface area contributed by atoms with Gasteiger partial charge in [0.25, 0.3) is 0 Å². The number of carbonyl (C=O) groups excluding carboxylic acids is 2. The van der Waals surface area contributed by atoms with E-state index in [1.165, 1.54) is 0 Å². The van der Waals surface area contributed by atoms with E-state index in [1.54, 1.807) is 4.90 Å². The fourth-order valence-electron chi connectivity index (χ4n) is 2.53. The van der Waals surface area contributed by atoms with Crippen LogP contribution in [0.25, 0.3) is 0 Å². The normalized spacial score (nSPS) is 30.9. The highest BCUT2D eigenvalue weighted by molar-refractivity contribution is 5.90. The highest BCUT2D eigenvalue weighted by Gasteiger charge is 2.38. The zero-order valence-corrected chi connectivity index (χ0v) is 11.5. The van der Waals surface area contributed by atoms with Crippen LogP contribution < -0.4 is 10.6 Å². The summed E-state index contributed by atoms with van der Waals surface area (Å²) >= 11 is 0. The minimum atomic E-state index is -0.513. The number of nitrogens with one attached hydrogen (secondary N) is 2. The van der Waals surface area contributed by atoms with Gasteiger partial charge in [-0.1, -0.05) is 0 Å². The van der Waals surface area contributed by atoms with Crippen LogP contribution in [0, 0.1) is 0 Å². The Hall–Kier alpha value is -1.18. The molecule has 2 heterocycles. The number of nitrogens with zero attached hydrogens (tertiary/aromatic N) is 1. The molecule has 0 aromatic carbocycles. The topological polar surface area (TPSA) is 79.9 Å². The van der Waals surface area contributed by atoms with Crippen molar-refractivity contribution in [2.45, 2.75) is 31.0 Å². The third-order valence-electron chi connectivity index (χ3n) is 3.86. The van der Waals surface area contributed by atoms with Crippen LogP contribution in [0.1, 0.15) is 12.8 Å². The second-order valence-corrected chi connectivity index (χ2v) is 5.49. The van der Waals surface area contributed by atoms with Crippen molar-refractivity contribution < 1.29 is 19.1 Å². The van der Waals surface area contributed by atoms with E-state index in [4.69, 9.17) is 9.47 Å². The molecule has 1 saturated carbocycles. The summed E-state index contributed by atoms with van der Waals surface area (Å²) in [5.41, 5.74) is 0. The zero-order valence-electron chi connectivity index (χ0n) is 11.5. The van der Waals surface area contributed by atoms with Crippen molar-refractivity contribution in [1.82, 2.24) is 15.5 Å². The van der Waals surface area contributed by atoms with Gasteiger partial charge in [0.2, 0.25) is 11.8 Å². The third kappa shape index (κ3) is 3.11. The molecule has 3 aliphatic rings. The molecule has 0 aromatic heterocycles. The summed E-state index contributed by atoms with van der Waals surface area (Å²) in [5, 5.41) is 6.09. The Morgan fingerprint density at radius 3 is 2.65 bits per heavy atom. The molecule has 2 amide bonds. The lowest BCUT2D eigenvalue weighted by molar-refractivity contribution is -0.152. The molecule has 3 fully saturated rings. The molecular weight excluding hydrogens is 262 g/mol. The Morgan fingerprint density at radius 1 is 1.15 bits per heavy atom. The van der Waals surface area contributed by atoms with Gasteiger partial charge in [0.05, 0.1) is 26.4 Å². The minimum absolute atomic E-state index is 0.0658. The molecule has 2 unspecified atom stereocenters. The van der Waals surface area contributed by atoms with E-state index in [-0.39, 0.29) is 30.5 Å². The summed E-state index contributed by atoms with van der Waals surface area (Å²) in [4.78, 5) is 26.4. The second-order valence-electron chi connectivity index (χ2n) is 5.49. The van der Waals surface area contributed by atoms with Gasteiger partial charge in [0, 0.05) is 19.1 Å². The average molecular weight is 283 g/mol. The van der Waals surface area contributed by atoms with E-state index in [9.17, 15) is 9.59 Å². The van der Waals surface area contributed by atoms with Crippen LogP contribution >= 0.6 is 0 Å². The van der Waals surface area contributed by atoms with Crippen LogP contribution in [-0.2, 0) is 19.1 Å². The summed E-state index contributed by atoms with van der Waals surface area (Å²) < 4.78 is 10.7. The molecule has 2 N–H and O–H groups in total. The third-order valence-corrected chi connectivity index (χ3v) is 3.86. The fraction of sp³-hybridized carbons (Fsp3) is 0.846. The Labute approximate surface area is 118 Å². The van der Waals surface area contributed by atoms with Gasteiger partial charge < -0.3 is 25.0 Å². The minimum Gasteiger partial charge on any atom is -0.378 e. The number of morpholine rings is 2. The molecule has 0 spiro atoms. The SMILES string of the molecule is O=C(NC1CC1)C1COCCN1C(=O)C1COCCN1. The summed E-state index contributed by atoms with van der Waals surface area (Å²) in [6.07, 6.45) is 2.07. The molecular formula is C13H21N3O4. The van der Waals surface area contributed by atoms with Crippen molar-refractivity contribution in [2.24, 2.45) is 0 Å². The second kappa shape index (κ2) is 6.07. The van der Waals surface area contributed by atoms with Gasteiger partial charge in [-0.2, -0.15) is 0 Å². The Kier molecular flexibility index (Phi) is 4.18. The molecule has 20 heavy (non-hydrogen) atoms. The lowest BCUT2D eigenvalue weighted by Crippen LogP contribution is -2.61. The Bertz CT molecular complexity index is 380. The Morgan fingerprint density at radius 2 is 1.95 bits per heavy atom. The number of amides is 2. The summed E-state index contributed by atoms with van der Waals surface area (Å²) in [6, 6.07) is -0.573. The van der Waals surface area contributed by atoms with Gasteiger partial charge in [-0.15, -0.1) is 0 Å². The van der Waals surface area contributed by atoms with E-state index < -0.39 is 6.04 Å². The smallest absolute Gasteiger partial charge is 0.245 e. The maximum absolute atomic E-state index is 12.5. The predicted molar refractivity (Wildman–Crippen MR) is 70.1 cm³/mol. The molecule has 0 bridgehead atoms. The predicted octanol–water partition coefficient (Wildman–Crippen LogP) is -1.52. The van der Waals surface area contributed by atoms with Crippen molar-refractivity contribution in [3.05, 3.63) is 0 Å². The van der Waals surface area contributed by atoms with Crippen LogP contribution in [-0.4, -0.2) is 74.4 Å². The van der Waals surface area contributed by atoms with Gasteiger partial charge in [-0.05, 0) is 12.8 Å². The van der Waals surface area contributed by atoms with Gasteiger partial charge >= 0.3 is 0 Å². The molecule has 7 nitrogen and oxygen atoms in total. The lowest BCUT2D eigenvalue weighted by Gasteiger charge is -2.37. The Balaban J connectivity index is 1.63. The van der Waals surface area contributed by atoms with Gasteiger partial charge in [0.1, 0.15) is 12.1 Å². The monoisotopic (exact) mass is 283 g/mol. The zero-order chi connectivity index (χ0) is 13.9. The van der Waals surface area contributed by atoms with Crippen LogP contribution in [0.4, 0.5) is 0 Å². The van der Waals surface area contributed by atoms with Crippen LogP contribution in [0.2, 0.25) is 0 Å². The van der Waals surface area contributed by atoms with Gasteiger partial charge in [-0.25, -0.2) is 0 Å². The van der Waals surface area contributed by atoms with Crippen molar-refractivity contribution >= 4 is 11.8 Å². The number of hydrogen-bond donors (Lipinski definition) is 2. The number of ether oxygens (including phenoxy) is 2. The largest absolute Gasteiger partial charge is 0.378 e. The first-order chi connectivity index (χ1) is 9.75. The maximum atomic E-state index is 12.5. The molecule has 2 atom stereocenters. The van der Waals surface area contributed by atoms with Crippen molar-refractivity contribution in [3.8, 4) is 0 Å². The molecule has 112 valence electrons. The van der Waals surface area contributed by atoms with Crippen LogP contribution in [0.15, 0.2) is 0 Å². The summed E-state index contributed by atoms with van der Waals surface area (Å²) in [5.74, 6) is -0.166. The first-order valence-corrected chi connectivity index (χ1v) is 7.25. The summed E-state index contributed by atoms with van der Waals surface area (Å²) in [6.45, 7) is 2.87. The van der Waals surface area contributed by atoms with Crippen LogP contribution in [0.3, 0.4) is 0 Å². The van der Waals surface area contributed by atoms with E-state index in [2.05, 4.69) is 10.6 Å². The fourth-order valence-corrected chi connectivity index (χ4v) is 2.53. The van der Waals surface area contributed by atoms with E-state index in [1.807, 2.05) is 0 Å². The van der Waals surface area contributed by atoms with Crippen molar-refractivity contribution in [3.63, 3.8) is 0 Å². The molecule has 2 aliphatic heterocycles. The average Bonchev–Trinajstić information content (AvgIpc) is 3.31. The molecule has 1 aliphatic carbocycles. The lowest BCUT2D eigenvalue weighted by atomic mass is 10.1. The first-order valence-electron chi connectivity index (χ1n) is 7.25. The highest BCUT2D eigenvalue weighted by Crippen LogP contribution is 2.20. The van der Waals surface area contributed by atoms with Crippen LogP contribution in [0.5, 0.6) is 0 Å². The van der Waals surface area contributed by atoms with Crippen molar-refractivity contribution in [2.75, 3.05) is 39.5 Å². The number of carbonyl (C=O) groups is 2. The maximum Gasteiger partial charge on any atom is 0.245 e. The molecule has 7 heteroatoms. The molecule has 2 saturated heterocycles. The number of hydrogen-bond acceptors (Lipinski definition) is 5. The quantitative estimate of drug-likeness (QED) is 0.658. The van der Waals surface area contributed by atoms with E-state index >= 15 is 0 Å². The van der Waals surface area contributed by atoms with E-state index in [0.29, 0.717) is 32.9 Å². The molecule has 0 aromatic rings. The standard InChI is InChI=1S/C13H21N3O4/c17-12(15-9-1-2-9)11-8-20-6-4-16(11)13(18)10-7-19-5-3-14-10/h9-11,14H,1-8H2,(H,15,17). The van der Waals surface area contributed by atoms with Gasteiger partial charge in [-0.3, -0.25) is 9.59 Å². The molecule has 3 rings (SSSR count). The molecule has 0 radical (unpaired) electrons. The van der Waals surface area contributed by atoms with Crippen molar-refractivity contribution in [1.29, 1.82) is 0 Å². The number of rotatable bonds is 3. The first kappa shape index (κ1) is 13.8. The van der Waals surface area contributed by atoms with Gasteiger partial charge in [0.15, 0.2) is 0 Å². The summed E-state index contributed by atoms with van der Waals surface area (Å²) in [7, 11) is 0.